The van der Waals surface area contributed by atoms with Crippen LogP contribution in [0.3, 0.4) is 0 Å². The molecule has 0 bridgehead atoms. The first kappa shape index (κ1) is 22.7. The summed E-state index contributed by atoms with van der Waals surface area (Å²) < 4.78 is 0. The lowest BCUT2D eigenvalue weighted by molar-refractivity contribution is 0.0641. The molecule has 0 spiro atoms. The van der Waals surface area contributed by atoms with Crippen LogP contribution >= 0.6 is 0 Å². The van der Waals surface area contributed by atoms with Crippen LogP contribution in [0.2, 0.25) is 0 Å². The molecule has 34 heavy (non-hydrogen) atoms. The zero-order chi connectivity index (χ0) is 24.1. The highest BCUT2D eigenvalue weighted by molar-refractivity contribution is 6.21. The maximum Gasteiger partial charge on any atom is 0.261 e. The average molecular weight is 457 g/mol. The fourth-order valence-electron chi connectivity index (χ4n) is 3.67. The fraction of sp³-hybridized carbons (Fsp3) is 0.154. The number of phenolic OH excluding ortho intramolecular Hbond substituents is 1. The van der Waals surface area contributed by atoms with Crippen molar-refractivity contribution in [2.24, 2.45) is 0 Å². The van der Waals surface area contributed by atoms with Gasteiger partial charge in [-0.2, -0.15) is 0 Å². The summed E-state index contributed by atoms with van der Waals surface area (Å²) >= 11 is 0. The first-order valence-corrected chi connectivity index (χ1v) is 10.8. The first-order valence-electron chi connectivity index (χ1n) is 10.8. The highest BCUT2D eigenvalue weighted by Gasteiger charge is 2.34. The summed E-state index contributed by atoms with van der Waals surface area (Å²) in [5.74, 6) is -1.17. The molecule has 0 fully saturated rings. The highest BCUT2D eigenvalue weighted by Crippen LogP contribution is 2.24. The van der Waals surface area contributed by atoms with Gasteiger partial charge in [-0.05, 0) is 54.4 Å². The number of amides is 4. The second kappa shape index (κ2) is 9.99. The molecule has 0 aromatic heterocycles. The van der Waals surface area contributed by atoms with Gasteiger partial charge in [0.15, 0.2) is 0 Å². The average Bonchev–Trinajstić information content (AvgIpc) is 3.09. The Kier molecular flexibility index (Phi) is 6.68. The normalized spacial score (nSPS) is 12.4. The maximum absolute atomic E-state index is 12.5. The van der Waals surface area contributed by atoms with E-state index in [0.717, 1.165) is 5.56 Å². The molecule has 0 radical (unpaired) electrons. The second-order valence-electron chi connectivity index (χ2n) is 7.85. The van der Waals surface area contributed by atoms with E-state index in [9.17, 15) is 24.3 Å². The Morgan fingerprint density at radius 1 is 0.735 bits per heavy atom. The van der Waals surface area contributed by atoms with Crippen LogP contribution in [0.1, 0.15) is 53.4 Å². The first-order chi connectivity index (χ1) is 16.4. The highest BCUT2D eigenvalue weighted by atomic mass is 16.3. The quantitative estimate of drug-likeness (QED) is 0.355. The van der Waals surface area contributed by atoms with Crippen molar-refractivity contribution in [3.63, 3.8) is 0 Å². The summed E-state index contributed by atoms with van der Waals surface area (Å²) in [5.41, 5.74) is 2.36. The molecule has 0 saturated carbocycles. The largest absolute Gasteiger partial charge is 0.508 e. The minimum absolute atomic E-state index is 0.0228. The zero-order valence-corrected chi connectivity index (χ0v) is 18.3. The second-order valence-corrected chi connectivity index (χ2v) is 7.85. The van der Waals surface area contributed by atoms with E-state index in [-0.39, 0.29) is 35.9 Å². The topological polar surface area (TPSA) is 116 Å². The predicted octanol–water partition coefficient (Wildman–Crippen LogP) is 2.74. The van der Waals surface area contributed by atoms with Crippen molar-refractivity contribution in [2.75, 3.05) is 13.1 Å². The number of rotatable bonds is 8. The number of hydrogen-bond acceptors (Lipinski definition) is 5. The van der Waals surface area contributed by atoms with E-state index in [1.807, 2.05) is 0 Å². The molecule has 0 saturated heterocycles. The van der Waals surface area contributed by atoms with Crippen LogP contribution in [0, 0.1) is 0 Å². The van der Waals surface area contributed by atoms with Crippen molar-refractivity contribution in [1.82, 2.24) is 15.5 Å². The summed E-state index contributed by atoms with van der Waals surface area (Å²) in [6.45, 7) is 0.872. The lowest BCUT2D eigenvalue weighted by Crippen LogP contribution is -2.30. The van der Waals surface area contributed by atoms with Gasteiger partial charge in [-0.15, -0.1) is 0 Å². The van der Waals surface area contributed by atoms with Gasteiger partial charge in [0.1, 0.15) is 5.75 Å². The van der Waals surface area contributed by atoms with Crippen molar-refractivity contribution in [3.8, 4) is 5.75 Å². The van der Waals surface area contributed by atoms with Crippen LogP contribution in [0.4, 0.5) is 0 Å². The van der Waals surface area contributed by atoms with Gasteiger partial charge in [-0.3, -0.25) is 24.1 Å². The third-order valence-corrected chi connectivity index (χ3v) is 5.47. The van der Waals surface area contributed by atoms with E-state index in [1.165, 1.54) is 17.0 Å². The van der Waals surface area contributed by atoms with Gasteiger partial charge < -0.3 is 15.7 Å². The molecule has 3 N–H and O–H groups in total. The van der Waals surface area contributed by atoms with Gasteiger partial charge in [0, 0.05) is 24.2 Å². The van der Waals surface area contributed by atoms with Crippen molar-refractivity contribution >= 4 is 23.6 Å². The minimum atomic E-state index is -0.321. The molecular weight excluding hydrogens is 434 g/mol. The van der Waals surface area contributed by atoms with E-state index in [2.05, 4.69) is 10.6 Å². The molecule has 8 heteroatoms. The zero-order valence-electron chi connectivity index (χ0n) is 18.3. The van der Waals surface area contributed by atoms with Crippen molar-refractivity contribution < 1.29 is 24.3 Å². The van der Waals surface area contributed by atoms with Gasteiger partial charge in [0.25, 0.3) is 23.6 Å². The number of aromatic hydroxyl groups is 1. The molecule has 0 aliphatic carbocycles. The van der Waals surface area contributed by atoms with Crippen LogP contribution in [0.25, 0.3) is 0 Å². The van der Waals surface area contributed by atoms with Gasteiger partial charge in [-0.25, -0.2) is 0 Å². The molecule has 1 aliphatic heterocycles. The molecule has 0 atom stereocenters. The van der Waals surface area contributed by atoms with Crippen LogP contribution in [0.5, 0.6) is 5.75 Å². The number of carbonyl (C=O) groups excluding carboxylic acids is 4. The Morgan fingerprint density at radius 2 is 1.32 bits per heavy atom. The van der Waals surface area contributed by atoms with Crippen LogP contribution < -0.4 is 10.6 Å². The molecular formula is C26H23N3O5. The Labute approximate surface area is 196 Å². The number of carbonyl (C=O) groups is 4. The number of nitrogens with one attached hydrogen (secondary N) is 2. The summed E-state index contributed by atoms with van der Waals surface area (Å²) in [4.78, 5) is 50.6. The molecule has 8 nitrogen and oxygen atoms in total. The van der Waals surface area contributed by atoms with Crippen molar-refractivity contribution in [1.29, 1.82) is 0 Å². The number of phenols is 1. The molecule has 4 amide bonds. The Balaban J connectivity index is 1.23. The molecule has 1 aliphatic rings. The third-order valence-electron chi connectivity index (χ3n) is 5.47. The Hall–Kier alpha value is -4.46. The van der Waals surface area contributed by atoms with E-state index < -0.39 is 0 Å². The summed E-state index contributed by atoms with van der Waals surface area (Å²) in [7, 11) is 0. The van der Waals surface area contributed by atoms with Crippen LogP contribution in [0.15, 0.2) is 72.8 Å². The standard InChI is InChI=1S/C26H23N3O5/c30-20-6-3-5-19(15-20)24(32)28-14-4-13-27-23(31)18-11-9-17(10-12-18)16-29-25(33)21-7-1-2-8-22(21)26(29)34/h1-3,5-12,15,30H,4,13-14,16H2,(H,27,31)(H,28,32). The SMILES string of the molecule is O=C(NCCCNC(=O)c1cccc(O)c1)c1ccc(CN2C(=O)c3ccccc3C2=O)cc1. The van der Waals surface area contributed by atoms with E-state index in [0.29, 0.717) is 41.8 Å². The fourth-order valence-corrected chi connectivity index (χ4v) is 3.67. The lowest BCUT2D eigenvalue weighted by atomic mass is 10.1. The number of benzene rings is 3. The maximum atomic E-state index is 12.5. The lowest BCUT2D eigenvalue weighted by Gasteiger charge is -2.14. The minimum Gasteiger partial charge on any atom is -0.508 e. The summed E-state index contributed by atoms with van der Waals surface area (Å²) in [5, 5.41) is 15.0. The smallest absolute Gasteiger partial charge is 0.261 e. The molecule has 0 unspecified atom stereocenters. The molecule has 172 valence electrons. The Morgan fingerprint density at radius 3 is 1.91 bits per heavy atom. The van der Waals surface area contributed by atoms with Crippen molar-refractivity contribution in [3.05, 3.63) is 101 Å². The monoisotopic (exact) mass is 457 g/mol. The summed E-state index contributed by atoms with van der Waals surface area (Å²) in [6.07, 6.45) is 0.536. The predicted molar refractivity (Wildman–Crippen MR) is 124 cm³/mol. The van der Waals surface area contributed by atoms with Gasteiger partial charge >= 0.3 is 0 Å². The molecule has 4 rings (SSSR count). The van der Waals surface area contributed by atoms with E-state index in [1.54, 1.807) is 60.7 Å². The molecule has 3 aromatic rings. The number of hydrogen-bond donors (Lipinski definition) is 3. The molecule has 1 heterocycles. The van der Waals surface area contributed by atoms with E-state index >= 15 is 0 Å². The van der Waals surface area contributed by atoms with E-state index in [4.69, 9.17) is 0 Å². The van der Waals surface area contributed by atoms with Gasteiger partial charge in [0.2, 0.25) is 0 Å². The summed E-state index contributed by atoms with van der Waals surface area (Å²) in [6, 6.07) is 19.5. The van der Waals surface area contributed by atoms with Gasteiger partial charge in [0.05, 0.1) is 17.7 Å². The van der Waals surface area contributed by atoms with Crippen molar-refractivity contribution in [2.45, 2.75) is 13.0 Å². The van der Waals surface area contributed by atoms with Crippen LogP contribution in [-0.4, -0.2) is 46.7 Å². The number of imide groups is 1. The Bertz CT molecular complexity index is 1220. The van der Waals surface area contributed by atoms with Crippen LogP contribution in [-0.2, 0) is 6.54 Å². The molecule has 3 aromatic carbocycles. The third kappa shape index (κ3) is 4.96. The number of nitrogens with zero attached hydrogens (tertiary/aromatic N) is 1. The number of fused-ring (bicyclic) bond motifs is 1. The van der Waals surface area contributed by atoms with Gasteiger partial charge in [-0.1, -0.05) is 30.3 Å².